The summed E-state index contributed by atoms with van der Waals surface area (Å²) in [5, 5.41) is 13.5. The third-order valence-corrected chi connectivity index (χ3v) is 2.80. The van der Waals surface area contributed by atoms with E-state index in [9.17, 15) is 4.79 Å². The fourth-order valence-corrected chi connectivity index (χ4v) is 1.79. The van der Waals surface area contributed by atoms with Gasteiger partial charge in [0.25, 0.3) is 0 Å². The lowest BCUT2D eigenvalue weighted by Gasteiger charge is -2.04. The van der Waals surface area contributed by atoms with Gasteiger partial charge in [0.05, 0.1) is 0 Å². The zero-order valence-electron chi connectivity index (χ0n) is 11.8. The van der Waals surface area contributed by atoms with Crippen molar-refractivity contribution < 1.29 is 4.79 Å². The van der Waals surface area contributed by atoms with Gasteiger partial charge in [-0.1, -0.05) is 42.5 Å². The zero-order valence-corrected chi connectivity index (χ0v) is 11.8. The smallest absolute Gasteiger partial charge is 0.221 e. The molecule has 0 heterocycles. The molecule has 0 aromatic heterocycles. The lowest BCUT2D eigenvalue weighted by Crippen LogP contribution is -2.16. The van der Waals surface area contributed by atoms with Gasteiger partial charge in [0, 0.05) is 24.4 Å². The standard InChI is InChI=1S/C17H17N3O/c1-13(21)20-16-9-7-14(8-10-16)11-12-19-17(18)15-5-3-2-4-6-15/h2-12H,1H3,(H2,18,19)(H,20,21). The second-order valence-corrected chi connectivity index (χ2v) is 4.52. The number of rotatable bonds is 4. The highest BCUT2D eigenvalue weighted by Crippen LogP contribution is 2.10. The average Bonchev–Trinajstić information content (AvgIpc) is 2.49. The van der Waals surface area contributed by atoms with Gasteiger partial charge in [-0.05, 0) is 23.8 Å². The molecule has 0 saturated carbocycles. The molecule has 4 nitrogen and oxygen atoms in total. The Bertz CT molecular complexity index is 645. The molecule has 0 atom stereocenters. The molecular weight excluding hydrogens is 262 g/mol. The molecule has 0 aliphatic carbocycles. The molecule has 4 heteroatoms. The second kappa shape index (κ2) is 7.05. The Hall–Kier alpha value is -2.88. The summed E-state index contributed by atoms with van der Waals surface area (Å²) >= 11 is 0. The van der Waals surface area contributed by atoms with Crippen molar-refractivity contribution >= 4 is 23.5 Å². The van der Waals surface area contributed by atoms with Crippen LogP contribution in [0.4, 0.5) is 5.69 Å². The molecule has 0 bridgehead atoms. The summed E-state index contributed by atoms with van der Waals surface area (Å²) in [5.41, 5.74) is 2.59. The van der Waals surface area contributed by atoms with Crippen molar-refractivity contribution in [3.63, 3.8) is 0 Å². The highest BCUT2D eigenvalue weighted by molar-refractivity contribution is 5.97. The lowest BCUT2D eigenvalue weighted by molar-refractivity contribution is -0.114. The Kier molecular flexibility index (Phi) is 4.88. The number of hydrogen-bond acceptors (Lipinski definition) is 2. The summed E-state index contributed by atoms with van der Waals surface area (Å²) in [6, 6.07) is 16.9. The van der Waals surface area contributed by atoms with Crippen LogP contribution < -0.4 is 10.6 Å². The van der Waals surface area contributed by atoms with E-state index in [0.717, 1.165) is 16.8 Å². The number of amides is 1. The predicted molar refractivity (Wildman–Crippen MR) is 86.2 cm³/mol. The van der Waals surface area contributed by atoms with Gasteiger partial charge in [-0.25, -0.2) is 0 Å². The highest BCUT2D eigenvalue weighted by atomic mass is 16.1. The number of amidine groups is 1. The SMILES string of the molecule is CC(=O)Nc1ccc(C=CNC(=N)c2ccccc2)cc1. The fourth-order valence-electron chi connectivity index (χ4n) is 1.79. The molecule has 0 spiro atoms. The quantitative estimate of drug-likeness (QED) is 0.594. The summed E-state index contributed by atoms with van der Waals surface area (Å²) in [6.07, 6.45) is 3.60. The van der Waals surface area contributed by atoms with Gasteiger partial charge in [0.2, 0.25) is 5.91 Å². The zero-order chi connectivity index (χ0) is 15.1. The van der Waals surface area contributed by atoms with E-state index in [1.165, 1.54) is 6.92 Å². The number of anilines is 1. The van der Waals surface area contributed by atoms with E-state index in [2.05, 4.69) is 10.6 Å². The molecule has 3 N–H and O–H groups in total. The van der Waals surface area contributed by atoms with Crippen LogP contribution in [-0.2, 0) is 4.79 Å². The minimum Gasteiger partial charge on any atom is -0.347 e. The van der Waals surface area contributed by atoms with Gasteiger partial charge in [-0.3, -0.25) is 10.2 Å². The summed E-state index contributed by atoms with van der Waals surface area (Å²) in [4.78, 5) is 10.9. The Morgan fingerprint density at radius 3 is 2.33 bits per heavy atom. The maximum absolute atomic E-state index is 10.9. The van der Waals surface area contributed by atoms with E-state index in [1.807, 2.05) is 60.7 Å². The molecule has 0 aliphatic heterocycles. The van der Waals surface area contributed by atoms with Crippen molar-refractivity contribution in [1.29, 1.82) is 5.41 Å². The maximum Gasteiger partial charge on any atom is 0.221 e. The first-order chi connectivity index (χ1) is 10.1. The van der Waals surface area contributed by atoms with Crippen molar-refractivity contribution in [2.24, 2.45) is 0 Å². The predicted octanol–water partition coefficient (Wildman–Crippen LogP) is 3.23. The number of carbonyl (C=O) groups is 1. The Balaban J connectivity index is 1.92. The lowest BCUT2D eigenvalue weighted by atomic mass is 10.2. The minimum atomic E-state index is -0.0868. The molecule has 0 saturated heterocycles. The van der Waals surface area contributed by atoms with Crippen LogP contribution in [0.2, 0.25) is 0 Å². The first kappa shape index (κ1) is 14.5. The monoisotopic (exact) mass is 279 g/mol. The van der Waals surface area contributed by atoms with E-state index < -0.39 is 0 Å². The summed E-state index contributed by atoms with van der Waals surface area (Å²) in [5.74, 6) is 0.262. The van der Waals surface area contributed by atoms with Crippen LogP contribution in [0.3, 0.4) is 0 Å². The highest BCUT2D eigenvalue weighted by Gasteiger charge is 1.97. The van der Waals surface area contributed by atoms with E-state index in [4.69, 9.17) is 5.41 Å². The van der Waals surface area contributed by atoms with Crippen molar-refractivity contribution in [3.8, 4) is 0 Å². The largest absolute Gasteiger partial charge is 0.347 e. The topological polar surface area (TPSA) is 65.0 Å². The Labute approximate surface area is 124 Å². The fraction of sp³-hybridized carbons (Fsp3) is 0.0588. The molecule has 2 rings (SSSR count). The number of hydrogen-bond donors (Lipinski definition) is 3. The van der Waals surface area contributed by atoms with Crippen LogP contribution in [0.15, 0.2) is 60.8 Å². The molecule has 106 valence electrons. The van der Waals surface area contributed by atoms with E-state index in [1.54, 1.807) is 6.20 Å². The van der Waals surface area contributed by atoms with Crippen molar-refractivity contribution in [1.82, 2.24) is 5.32 Å². The van der Waals surface area contributed by atoms with E-state index >= 15 is 0 Å². The maximum atomic E-state index is 10.9. The van der Waals surface area contributed by atoms with Gasteiger partial charge in [0.1, 0.15) is 5.84 Å². The molecule has 1 amide bonds. The van der Waals surface area contributed by atoms with Gasteiger partial charge < -0.3 is 10.6 Å². The number of carbonyl (C=O) groups excluding carboxylic acids is 1. The van der Waals surface area contributed by atoms with Gasteiger partial charge in [-0.2, -0.15) is 0 Å². The summed E-state index contributed by atoms with van der Waals surface area (Å²) in [6.45, 7) is 1.48. The molecule has 2 aromatic rings. The molecule has 2 aromatic carbocycles. The molecule has 0 unspecified atom stereocenters. The first-order valence-electron chi connectivity index (χ1n) is 6.60. The molecular formula is C17H17N3O. The second-order valence-electron chi connectivity index (χ2n) is 4.52. The van der Waals surface area contributed by atoms with Crippen molar-refractivity contribution in [2.75, 3.05) is 5.32 Å². The third kappa shape index (κ3) is 4.62. The molecule has 0 fully saturated rings. The van der Waals surface area contributed by atoms with Crippen LogP contribution in [0.25, 0.3) is 6.08 Å². The third-order valence-electron chi connectivity index (χ3n) is 2.80. The number of benzene rings is 2. The molecule has 0 radical (unpaired) electrons. The summed E-state index contributed by atoms with van der Waals surface area (Å²) in [7, 11) is 0. The Morgan fingerprint density at radius 2 is 1.71 bits per heavy atom. The van der Waals surface area contributed by atoms with E-state index in [-0.39, 0.29) is 5.91 Å². The van der Waals surface area contributed by atoms with E-state index in [0.29, 0.717) is 5.84 Å². The van der Waals surface area contributed by atoms with Crippen LogP contribution >= 0.6 is 0 Å². The van der Waals surface area contributed by atoms with Crippen molar-refractivity contribution in [2.45, 2.75) is 6.92 Å². The van der Waals surface area contributed by atoms with Crippen LogP contribution in [0, 0.1) is 5.41 Å². The van der Waals surface area contributed by atoms with Crippen LogP contribution in [0.5, 0.6) is 0 Å². The van der Waals surface area contributed by atoms with Crippen molar-refractivity contribution in [3.05, 3.63) is 71.9 Å². The summed E-state index contributed by atoms with van der Waals surface area (Å²) < 4.78 is 0. The normalized spacial score (nSPS) is 10.3. The Morgan fingerprint density at radius 1 is 1.05 bits per heavy atom. The average molecular weight is 279 g/mol. The van der Waals surface area contributed by atoms with Gasteiger partial charge in [-0.15, -0.1) is 0 Å². The molecule has 0 aliphatic rings. The number of nitrogens with one attached hydrogen (secondary N) is 3. The molecule has 21 heavy (non-hydrogen) atoms. The minimum absolute atomic E-state index is 0.0868. The van der Waals surface area contributed by atoms with Crippen LogP contribution in [-0.4, -0.2) is 11.7 Å². The van der Waals surface area contributed by atoms with Crippen LogP contribution in [0.1, 0.15) is 18.1 Å². The van der Waals surface area contributed by atoms with Gasteiger partial charge in [0.15, 0.2) is 0 Å². The van der Waals surface area contributed by atoms with Gasteiger partial charge >= 0.3 is 0 Å². The first-order valence-corrected chi connectivity index (χ1v) is 6.60.